The maximum absolute atomic E-state index is 13.8. The predicted molar refractivity (Wildman–Crippen MR) is 80.0 cm³/mol. The van der Waals surface area contributed by atoms with Crippen LogP contribution in [0.15, 0.2) is 53.4 Å². The molecule has 0 unspecified atom stereocenters. The number of sulfonamides is 1. The van der Waals surface area contributed by atoms with Crippen LogP contribution in [-0.2, 0) is 14.8 Å². The largest absolute Gasteiger partial charge is 0.480 e. The Hall–Kier alpha value is -2.12. The van der Waals surface area contributed by atoms with Gasteiger partial charge < -0.3 is 5.11 Å². The second kappa shape index (κ2) is 6.33. The molecule has 0 amide bonds. The minimum atomic E-state index is -4.36. The monoisotopic (exact) mass is 343 g/mol. The summed E-state index contributed by atoms with van der Waals surface area (Å²) in [5.74, 6) is -2.32. The molecule has 22 heavy (non-hydrogen) atoms. The average Bonchev–Trinajstić information content (AvgIpc) is 2.46. The van der Waals surface area contributed by atoms with E-state index in [0.29, 0.717) is 9.33 Å². The van der Waals surface area contributed by atoms with Gasteiger partial charge in [-0.05, 0) is 36.4 Å². The third-order valence-electron chi connectivity index (χ3n) is 2.80. The van der Waals surface area contributed by atoms with Crippen LogP contribution in [0.25, 0.3) is 0 Å². The molecule has 2 aromatic rings. The fraction of sp³-hybridized carbons (Fsp3) is 0.0714. The Kier molecular flexibility index (Phi) is 4.68. The molecule has 0 bridgehead atoms. The molecular formula is C14H11ClFNO4S. The molecule has 2 rings (SSSR count). The van der Waals surface area contributed by atoms with Gasteiger partial charge in [-0.3, -0.25) is 9.10 Å². The van der Waals surface area contributed by atoms with E-state index in [1.807, 2.05) is 0 Å². The van der Waals surface area contributed by atoms with Crippen molar-refractivity contribution in [2.24, 2.45) is 0 Å². The maximum atomic E-state index is 13.8. The number of nitrogens with zero attached hydrogens (tertiary/aromatic N) is 1. The van der Waals surface area contributed by atoms with Gasteiger partial charge in [0.1, 0.15) is 17.3 Å². The van der Waals surface area contributed by atoms with Gasteiger partial charge in [0.15, 0.2) is 0 Å². The van der Waals surface area contributed by atoms with Crippen LogP contribution in [0.5, 0.6) is 0 Å². The molecule has 8 heteroatoms. The van der Waals surface area contributed by atoms with Crippen LogP contribution in [0.2, 0.25) is 5.02 Å². The molecule has 2 aromatic carbocycles. The van der Waals surface area contributed by atoms with E-state index in [-0.39, 0.29) is 5.69 Å². The molecule has 0 saturated heterocycles. The highest BCUT2D eigenvalue weighted by Crippen LogP contribution is 2.26. The highest BCUT2D eigenvalue weighted by atomic mass is 35.5. The fourth-order valence-corrected chi connectivity index (χ4v) is 3.43. The van der Waals surface area contributed by atoms with Crippen molar-refractivity contribution in [2.75, 3.05) is 10.8 Å². The lowest BCUT2D eigenvalue weighted by atomic mass is 10.3. The minimum Gasteiger partial charge on any atom is -0.480 e. The van der Waals surface area contributed by atoms with Gasteiger partial charge in [0, 0.05) is 5.02 Å². The number of carbonyl (C=O) groups is 1. The molecule has 0 radical (unpaired) electrons. The van der Waals surface area contributed by atoms with E-state index in [4.69, 9.17) is 16.7 Å². The first-order valence-electron chi connectivity index (χ1n) is 6.07. The number of carboxylic acids is 1. The quantitative estimate of drug-likeness (QED) is 0.905. The van der Waals surface area contributed by atoms with Crippen molar-refractivity contribution >= 4 is 33.3 Å². The van der Waals surface area contributed by atoms with Gasteiger partial charge in [0.25, 0.3) is 10.0 Å². The summed E-state index contributed by atoms with van der Waals surface area (Å²) >= 11 is 5.73. The van der Waals surface area contributed by atoms with Crippen LogP contribution < -0.4 is 4.31 Å². The van der Waals surface area contributed by atoms with Crippen molar-refractivity contribution in [1.82, 2.24) is 0 Å². The highest BCUT2D eigenvalue weighted by molar-refractivity contribution is 7.92. The first-order chi connectivity index (χ1) is 10.3. The van der Waals surface area contributed by atoms with E-state index in [0.717, 1.165) is 12.1 Å². The Labute approximate surface area is 131 Å². The summed E-state index contributed by atoms with van der Waals surface area (Å²) in [5, 5.41) is 9.32. The summed E-state index contributed by atoms with van der Waals surface area (Å²) in [4.78, 5) is 10.4. The zero-order chi connectivity index (χ0) is 16.3. The fourth-order valence-electron chi connectivity index (χ4n) is 1.82. The average molecular weight is 344 g/mol. The van der Waals surface area contributed by atoms with Crippen molar-refractivity contribution in [1.29, 1.82) is 0 Å². The number of carboxylic acid groups (broad SMARTS) is 1. The van der Waals surface area contributed by atoms with E-state index in [9.17, 15) is 17.6 Å². The third-order valence-corrected chi connectivity index (χ3v) is 4.86. The zero-order valence-electron chi connectivity index (χ0n) is 11.1. The van der Waals surface area contributed by atoms with Crippen molar-refractivity contribution in [3.8, 4) is 0 Å². The number of halogens is 2. The number of aliphatic carboxylic acids is 1. The normalized spacial score (nSPS) is 11.2. The lowest BCUT2D eigenvalue weighted by Gasteiger charge is -2.23. The molecule has 0 aromatic heterocycles. The minimum absolute atomic E-state index is 0.0788. The van der Waals surface area contributed by atoms with E-state index in [2.05, 4.69) is 0 Å². The van der Waals surface area contributed by atoms with Crippen molar-refractivity contribution in [3.05, 3.63) is 59.4 Å². The molecule has 0 spiro atoms. The number of hydrogen-bond acceptors (Lipinski definition) is 3. The topological polar surface area (TPSA) is 74.7 Å². The van der Waals surface area contributed by atoms with Gasteiger partial charge in [0.05, 0.1) is 5.69 Å². The Morgan fingerprint density at radius 1 is 1.14 bits per heavy atom. The Balaban J connectivity index is 2.56. The molecule has 1 N–H and O–H groups in total. The van der Waals surface area contributed by atoms with Gasteiger partial charge in [-0.25, -0.2) is 12.8 Å². The lowest BCUT2D eigenvalue weighted by Crippen LogP contribution is -2.36. The smallest absolute Gasteiger partial charge is 0.324 e. The predicted octanol–water partition coefficient (Wildman–Crippen LogP) is 2.76. The van der Waals surface area contributed by atoms with Crippen LogP contribution >= 0.6 is 11.6 Å². The van der Waals surface area contributed by atoms with Crippen LogP contribution in [-0.4, -0.2) is 26.0 Å². The van der Waals surface area contributed by atoms with Crippen LogP contribution in [0.1, 0.15) is 0 Å². The van der Waals surface area contributed by atoms with Gasteiger partial charge in [-0.2, -0.15) is 0 Å². The van der Waals surface area contributed by atoms with Crippen LogP contribution in [0, 0.1) is 5.82 Å². The maximum Gasteiger partial charge on any atom is 0.324 e. The van der Waals surface area contributed by atoms with E-state index in [1.54, 1.807) is 0 Å². The number of rotatable bonds is 5. The van der Waals surface area contributed by atoms with E-state index >= 15 is 0 Å². The van der Waals surface area contributed by atoms with Gasteiger partial charge in [0.2, 0.25) is 0 Å². The van der Waals surface area contributed by atoms with Crippen LogP contribution in [0.4, 0.5) is 10.1 Å². The lowest BCUT2D eigenvalue weighted by molar-refractivity contribution is -0.135. The van der Waals surface area contributed by atoms with Gasteiger partial charge in [-0.15, -0.1) is 0 Å². The van der Waals surface area contributed by atoms with E-state index in [1.165, 1.54) is 36.4 Å². The Morgan fingerprint density at radius 2 is 1.73 bits per heavy atom. The Morgan fingerprint density at radius 3 is 2.27 bits per heavy atom. The molecule has 0 heterocycles. The molecule has 116 valence electrons. The molecule has 5 nitrogen and oxygen atoms in total. The van der Waals surface area contributed by atoms with Gasteiger partial charge in [-0.1, -0.05) is 23.7 Å². The first-order valence-corrected chi connectivity index (χ1v) is 7.89. The standard InChI is InChI=1S/C14H11ClFNO4S/c15-10-5-7-11(8-6-10)17(9-14(18)19)22(20,21)13-4-2-1-3-12(13)16/h1-8H,9H2,(H,18,19). The molecular weight excluding hydrogens is 333 g/mol. The number of hydrogen-bond donors (Lipinski definition) is 1. The zero-order valence-corrected chi connectivity index (χ0v) is 12.7. The second-order valence-corrected chi connectivity index (χ2v) is 6.58. The molecule has 0 aliphatic rings. The molecule has 0 atom stereocenters. The molecule has 0 saturated carbocycles. The summed E-state index contributed by atoms with van der Waals surface area (Å²) in [6.07, 6.45) is 0. The Bertz CT molecular complexity index is 793. The van der Waals surface area contributed by atoms with Gasteiger partial charge >= 0.3 is 5.97 Å². The summed E-state index contributed by atoms with van der Waals surface area (Å²) in [5.41, 5.74) is 0.0788. The van der Waals surface area contributed by atoms with Crippen molar-refractivity contribution < 1.29 is 22.7 Å². The number of anilines is 1. The highest BCUT2D eigenvalue weighted by Gasteiger charge is 2.29. The molecule has 0 aliphatic heterocycles. The van der Waals surface area contributed by atoms with Crippen LogP contribution in [0.3, 0.4) is 0 Å². The molecule has 0 fully saturated rings. The second-order valence-electron chi connectivity index (χ2n) is 4.31. The summed E-state index contributed by atoms with van der Waals surface area (Å²) in [6, 6.07) is 10.3. The summed E-state index contributed by atoms with van der Waals surface area (Å²) < 4.78 is 39.5. The first kappa shape index (κ1) is 16.3. The summed E-state index contributed by atoms with van der Waals surface area (Å²) in [7, 11) is -4.36. The summed E-state index contributed by atoms with van der Waals surface area (Å²) in [6.45, 7) is -0.835. The SMILES string of the molecule is O=C(O)CN(c1ccc(Cl)cc1)S(=O)(=O)c1ccccc1F. The van der Waals surface area contributed by atoms with Crippen molar-refractivity contribution in [3.63, 3.8) is 0 Å². The number of benzene rings is 2. The third kappa shape index (κ3) is 3.37. The van der Waals surface area contributed by atoms with E-state index < -0.39 is 33.3 Å². The molecule has 0 aliphatic carbocycles. The van der Waals surface area contributed by atoms with Crippen molar-refractivity contribution in [2.45, 2.75) is 4.90 Å².